The number of aromatic amines is 1. The molecule has 0 bridgehead atoms. The minimum absolute atomic E-state index is 0.0787. The molecule has 0 saturated heterocycles. The van der Waals surface area contributed by atoms with Gasteiger partial charge in [0.1, 0.15) is 35.1 Å². The standard InChI is InChI=1S/C21H17BrN2O7/c1-30-12-4-2-3-10(7-12)9-31-14-6-5-11(22)8-13(14)15-16(20(26)27)18(23)24-19(25)17(15)21(28)29/h2-8H,9H2,1H3,(H,26,27)(H,28,29)(H3,23,24,25). The van der Waals surface area contributed by atoms with Gasteiger partial charge in [-0.25, -0.2) is 9.59 Å². The highest BCUT2D eigenvalue weighted by Crippen LogP contribution is 2.38. The monoisotopic (exact) mass is 488 g/mol. The molecule has 0 aliphatic carbocycles. The highest BCUT2D eigenvalue weighted by Gasteiger charge is 2.28. The van der Waals surface area contributed by atoms with Crippen LogP contribution in [0.15, 0.2) is 51.7 Å². The molecule has 3 aromatic rings. The minimum Gasteiger partial charge on any atom is -0.497 e. The molecule has 9 nitrogen and oxygen atoms in total. The van der Waals surface area contributed by atoms with Crippen molar-refractivity contribution in [3.8, 4) is 22.6 Å². The number of nitrogens with one attached hydrogen (secondary N) is 1. The molecule has 0 aliphatic heterocycles. The van der Waals surface area contributed by atoms with Crippen LogP contribution in [0.3, 0.4) is 0 Å². The van der Waals surface area contributed by atoms with E-state index in [1.165, 1.54) is 19.2 Å². The molecule has 0 fully saturated rings. The minimum atomic E-state index is -1.60. The van der Waals surface area contributed by atoms with E-state index in [4.69, 9.17) is 15.2 Å². The summed E-state index contributed by atoms with van der Waals surface area (Å²) in [5.74, 6) is -2.76. The lowest BCUT2D eigenvalue weighted by atomic mass is 9.94. The van der Waals surface area contributed by atoms with Crippen LogP contribution in [0.1, 0.15) is 26.3 Å². The highest BCUT2D eigenvalue weighted by atomic mass is 79.9. The summed E-state index contributed by atoms with van der Waals surface area (Å²) >= 11 is 3.28. The van der Waals surface area contributed by atoms with Gasteiger partial charge in [-0.2, -0.15) is 0 Å². The van der Waals surface area contributed by atoms with E-state index >= 15 is 0 Å². The summed E-state index contributed by atoms with van der Waals surface area (Å²) in [6.07, 6.45) is 0. The third kappa shape index (κ3) is 4.53. The molecule has 0 amide bonds. The number of carboxylic acids is 2. The van der Waals surface area contributed by atoms with E-state index in [9.17, 15) is 24.6 Å². The van der Waals surface area contributed by atoms with Gasteiger partial charge in [0.15, 0.2) is 0 Å². The van der Waals surface area contributed by atoms with Crippen molar-refractivity contribution in [2.24, 2.45) is 0 Å². The lowest BCUT2D eigenvalue weighted by Crippen LogP contribution is -2.24. The maximum Gasteiger partial charge on any atom is 0.342 e. The number of H-pyrrole nitrogens is 1. The van der Waals surface area contributed by atoms with Crippen LogP contribution in [-0.2, 0) is 6.61 Å². The Morgan fingerprint density at radius 3 is 2.45 bits per heavy atom. The number of benzene rings is 2. The molecule has 0 radical (unpaired) electrons. The molecule has 0 atom stereocenters. The highest BCUT2D eigenvalue weighted by molar-refractivity contribution is 9.10. The van der Waals surface area contributed by atoms with Gasteiger partial charge < -0.3 is 30.4 Å². The fourth-order valence-corrected chi connectivity index (χ4v) is 3.42. The Morgan fingerprint density at radius 1 is 1.10 bits per heavy atom. The number of ether oxygens (including phenoxy) is 2. The topological polar surface area (TPSA) is 152 Å². The largest absolute Gasteiger partial charge is 0.497 e. The molecule has 1 aromatic heterocycles. The number of hydrogen-bond acceptors (Lipinski definition) is 6. The van der Waals surface area contributed by atoms with Crippen LogP contribution in [0.5, 0.6) is 11.5 Å². The Labute approximate surface area is 184 Å². The summed E-state index contributed by atoms with van der Waals surface area (Å²) in [7, 11) is 1.53. The number of carboxylic acid groups (broad SMARTS) is 2. The van der Waals surface area contributed by atoms with Crippen LogP contribution in [0.25, 0.3) is 11.1 Å². The molecule has 0 aliphatic rings. The fraction of sp³-hybridized carbons (Fsp3) is 0.0952. The summed E-state index contributed by atoms with van der Waals surface area (Å²) in [6, 6.07) is 11.8. The maximum absolute atomic E-state index is 12.3. The second-order valence-corrected chi connectivity index (χ2v) is 7.30. The number of hydrogen-bond donors (Lipinski definition) is 4. The van der Waals surface area contributed by atoms with Crippen molar-refractivity contribution in [3.05, 3.63) is 74.0 Å². The number of carbonyl (C=O) groups is 2. The first-order chi connectivity index (χ1) is 14.7. The summed E-state index contributed by atoms with van der Waals surface area (Å²) in [5, 5.41) is 19.3. The van der Waals surface area contributed by atoms with Crippen LogP contribution >= 0.6 is 15.9 Å². The number of halogens is 1. The van der Waals surface area contributed by atoms with Crippen LogP contribution in [0.2, 0.25) is 0 Å². The van der Waals surface area contributed by atoms with E-state index in [1.807, 2.05) is 0 Å². The van der Waals surface area contributed by atoms with E-state index in [2.05, 4.69) is 20.9 Å². The number of methoxy groups -OCH3 is 1. The SMILES string of the molecule is COc1cccc(COc2ccc(Br)cc2-c2c(C(=O)O)c(N)[nH]c(=O)c2C(=O)O)c1. The van der Waals surface area contributed by atoms with Crippen molar-refractivity contribution in [3.63, 3.8) is 0 Å². The zero-order valence-corrected chi connectivity index (χ0v) is 17.7. The van der Waals surface area contributed by atoms with Crippen molar-refractivity contribution >= 4 is 33.7 Å². The van der Waals surface area contributed by atoms with Gasteiger partial charge in [-0.05, 0) is 35.9 Å². The first kappa shape index (κ1) is 21.9. The Morgan fingerprint density at radius 2 is 1.81 bits per heavy atom. The molecule has 5 N–H and O–H groups in total. The van der Waals surface area contributed by atoms with Crippen LogP contribution in [-0.4, -0.2) is 34.2 Å². The zero-order valence-electron chi connectivity index (χ0n) is 16.1. The molecule has 31 heavy (non-hydrogen) atoms. The predicted octanol–water partition coefficient (Wildman–Crippen LogP) is 3.37. The molecule has 160 valence electrons. The Kier molecular flexibility index (Phi) is 6.30. The van der Waals surface area contributed by atoms with Gasteiger partial charge in [0.2, 0.25) is 0 Å². The summed E-state index contributed by atoms with van der Waals surface area (Å²) in [6.45, 7) is 0.0787. The Balaban J connectivity index is 2.20. The van der Waals surface area contributed by atoms with Gasteiger partial charge in [0.05, 0.1) is 7.11 Å². The van der Waals surface area contributed by atoms with Crippen molar-refractivity contribution in [1.82, 2.24) is 4.98 Å². The van der Waals surface area contributed by atoms with Gasteiger partial charge in [-0.15, -0.1) is 0 Å². The third-order valence-electron chi connectivity index (χ3n) is 4.41. The van der Waals surface area contributed by atoms with Gasteiger partial charge in [0.25, 0.3) is 5.56 Å². The molecular weight excluding hydrogens is 472 g/mol. The molecular formula is C21H17BrN2O7. The number of rotatable bonds is 7. The second-order valence-electron chi connectivity index (χ2n) is 6.38. The first-order valence-electron chi connectivity index (χ1n) is 8.81. The van der Waals surface area contributed by atoms with Crippen LogP contribution in [0, 0.1) is 0 Å². The molecule has 2 aromatic carbocycles. The van der Waals surface area contributed by atoms with Crippen molar-refractivity contribution in [2.45, 2.75) is 6.61 Å². The quantitative estimate of drug-likeness (QED) is 0.394. The number of nitrogen functional groups attached to an aromatic ring is 1. The smallest absolute Gasteiger partial charge is 0.342 e. The zero-order chi connectivity index (χ0) is 22.7. The number of nitrogens with two attached hydrogens (primary N) is 1. The lowest BCUT2D eigenvalue weighted by molar-refractivity contribution is 0.0695. The molecule has 3 rings (SSSR count). The van der Waals surface area contributed by atoms with E-state index in [0.717, 1.165) is 5.56 Å². The predicted molar refractivity (Wildman–Crippen MR) is 116 cm³/mol. The molecule has 10 heteroatoms. The Bertz CT molecular complexity index is 1240. The molecule has 0 spiro atoms. The van der Waals surface area contributed by atoms with E-state index in [0.29, 0.717) is 10.2 Å². The van der Waals surface area contributed by atoms with Crippen LogP contribution < -0.4 is 20.8 Å². The average Bonchev–Trinajstić information content (AvgIpc) is 2.71. The van der Waals surface area contributed by atoms with Crippen molar-refractivity contribution in [2.75, 3.05) is 12.8 Å². The van der Waals surface area contributed by atoms with E-state index in [1.54, 1.807) is 30.3 Å². The molecule has 1 heterocycles. The van der Waals surface area contributed by atoms with Gasteiger partial charge in [0, 0.05) is 15.6 Å². The Hall–Kier alpha value is -3.79. The normalized spacial score (nSPS) is 10.5. The van der Waals surface area contributed by atoms with E-state index < -0.39 is 34.4 Å². The van der Waals surface area contributed by atoms with Crippen molar-refractivity contribution < 1.29 is 29.3 Å². The average molecular weight is 489 g/mol. The van der Waals surface area contributed by atoms with Crippen LogP contribution in [0.4, 0.5) is 5.82 Å². The lowest BCUT2D eigenvalue weighted by Gasteiger charge is -2.17. The number of aromatic carboxylic acids is 2. The van der Waals surface area contributed by atoms with Crippen molar-refractivity contribution in [1.29, 1.82) is 0 Å². The summed E-state index contributed by atoms with van der Waals surface area (Å²) in [5.41, 5.74) is 3.90. The first-order valence-corrected chi connectivity index (χ1v) is 9.60. The van der Waals surface area contributed by atoms with Gasteiger partial charge in [-0.3, -0.25) is 4.79 Å². The summed E-state index contributed by atoms with van der Waals surface area (Å²) in [4.78, 5) is 38.1. The molecule has 0 unspecified atom stereocenters. The third-order valence-corrected chi connectivity index (χ3v) is 4.91. The fourth-order valence-electron chi connectivity index (χ4n) is 3.06. The second kappa shape index (κ2) is 8.92. The molecule has 0 saturated carbocycles. The van der Waals surface area contributed by atoms with Gasteiger partial charge >= 0.3 is 11.9 Å². The van der Waals surface area contributed by atoms with E-state index in [-0.39, 0.29) is 23.5 Å². The maximum atomic E-state index is 12.3. The summed E-state index contributed by atoms with van der Waals surface area (Å²) < 4.78 is 11.6. The number of anilines is 1. The van der Waals surface area contributed by atoms with Gasteiger partial charge in [-0.1, -0.05) is 28.1 Å². The number of pyridine rings is 1. The number of aromatic nitrogens is 1.